The van der Waals surface area contributed by atoms with E-state index >= 15 is 0 Å². The first kappa shape index (κ1) is 32.3. The summed E-state index contributed by atoms with van der Waals surface area (Å²) in [5, 5.41) is 25.5. The van der Waals surface area contributed by atoms with Crippen LogP contribution in [0.15, 0.2) is 97.1 Å². The molecule has 2 unspecified atom stereocenters. The number of ether oxygens (including phenoxy) is 1. The maximum absolute atomic E-state index is 13.6. The zero-order chi connectivity index (χ0) is 32.0. The third-order valence-corrected chi connectivity index (χ3v) is 8.42. The highest BCUT2D eigenvalue weighted by atomic mass is 35.5. The Hall–Kier alpha value is -4.08. The normalized spacial score (nSPS) is 18.4. The molecule has 4 aromatic carbocycles. The average Bonchev–Trinajstić information content (AvgIpc) is 3.00. The van der Waals surface area contributed by atoms with Gasteiger partial charge in [-0.1, -0.05) is 83.4 Å². The molecule has 0 bridgehead atoms. The van der Waals surface area contributed by atoms with Crippen LogP contribution in [0, 0.1) is 12.3 Å². The van der Waals surface area contributed by atoms with E-state index in [1.54, 1.807) is 46.2 Å². The molecule has 0 aromatic heterocycles. The number of amides is 1. The van der Waals surface area contributed by atoms with Gasteiger partial charge >= 0.3 is 5.97 Å². The molecule has 8 nitrogen and oxygen atoms in total. The Morgan fingerprint density at radius 1 is 0.933 bits per heavy atom. The largest absolute Gasteiger partial charge is 0.489 e. The Labute approximate surface area is 272 Å². The molecule has 0 saturated carbocycles. The van der Waals surface area contributed by atoms with Crippen LogP contribution in [-0.4, -0.2) is 46.4 Å². The van der Waals surface area contributed by atoms with Gasteiger partial charge in [-0.2, -0.15) is 0 Å². The van der Waals surface area contributed by atoms with E-state index in [9.17, 15) is 19.8 Å². The van der Waals surface area contributed by atoms with E-state index in [0.29, 0.717) is 39.3 Å². The molecule has 1 amide bonds. The molecule has 3 N–H and O–H groups in total. The van der Waals surface area contributed by atoms with Crippen LogP contribution in [0.4, 0.5) is 11.4 Å². The summed E-state index contributed by atoms with van der Waals surface area (Å²) < 4.78 is 5.92. The van der Waals surface area contributed by atoms with Crippen molar-refractivity contribution in [2.45, 2.75) is 39.3 Å². The number of aliphatic hydroxyl groups is 1. The first-order valence-electron chi connectivity index (χ1n) is 14.6. The second-order valence-electron chi connectivity index (χ2n) is 11.5. The summed E-state index contributed by atoms with van der Waals surface area (Å²) in [5.41, 5.74) is 2.96. The minimum atomic E-state index is -1.09. The van der Waals surface area contributed by atoms with Crippen LogP contribution < -0.4 is 15.0 Å². The summed E-state index contributed by atoms with van der Waals surface area (Å²) in [6.07, 6.45) is -1.49. The fourth-order valence-electron chi connectivity index (χ4n) is 5.73. The number of nitrogens with one attached hydrogen (secondary N) is 1. The molecular weight excluding hydrogens is 613 g/mol. The molecule has 1 saturated heterocycles. The monoisotopic (exact) mass is 647 g/mol. The molecule has 0 aliphatic carbocycles. The number of aryl methyl sites for hydroxylation is 1. The van der Waals surface area contributed by atoms with Gasteiger partial charge in [-0.3, -0.25) is 14.5 Å². The highest BCUT2D eigenvalue weighted by Gasteiger charge is 2.46. The minimum absolute atomic E-state index is 0.103. The van der Waals surface area contributed by atoms with E-state index in [1.165, 1.54) is 0 Å². The predicted molar refractivity (Wildman–Crippen MR) is 177 cm³/mol. The van der Waals surface area contributed by atoms with Gasteiger partial charge in [-0.15, -0.1) is 0 Å². The fraction of sp³-hybridized carbons (Fsp3) is 0.257. The molecule has 1 aliphatic rings. The molecule has 4 aromatic rings. The lowest BCUT2D eigenvalue weighted by molar-refractivity contribution is -0.143. The van der Waals surface area contributed by atoms with E-state index < -0.39 is 17.7 Å². The number of hydrogen-bond donors (Lipinski definition) is 3. The van der Waals surface area contributed by atoms with Gasteiger partial charge in [0.15, 0.2) is 6.35 Å². The molecule has 1 heterocycles. The quantitative estimate of drug-likeness (QED) is 0.162. The SMILES string of the molecule is Cc1ccc(N2CC(CC(=O)O)(CC(=O)Nc3cccc(OCc4ccccc4)c3)CN(Cc3ccc(Cl)cc3Cl)C2O)cc1. The van der Waals surface area contributed by atoms with Crippen molar-refractivity contribution >= 4 is 46.5 Å². The standard InChI is InChI=1S/C35H35Cl2N3O5/c1-24-10-14-29(15-11-24)40-23-35(19-33(42)43,22-39(34(40)44)20-26-12-13-27(36)16-31(26)37)18-32(41)38-28-8-5-9-30(17-28)45-21-25-6-3-2-4-7-25/h2-17,34,44H,18-23H2,1H3,(H,38,41)(H,42,43). The van der Waals surface area contributed by atoms with Gasteiger partial charge in [-0.25, -0.2) is 0 Å². The van der Waals surface area contributed by atoms with Crippen LogP contribution in [0.5, 0.6) is 5.75 Å². The fourth-order valence-corrected chi connectivity index (χ4v) is 6.20. The molecule has 0 spiro atoms. The van der Waals surface area contributed by atoms with Crippen molar-refractivity contribution in [3.05, 3.63) is 124 Å². The number of hydrogen-bond acceptors (Lipinski definition) is 6. The van der Waals surface area contributed by atoms with Crippen molar-refractivity contribution in [1.82, 2.24) is 4.90 Å². The van der Waals surface area contributed by atoms with Crippen LogP contribution in [-0.2, 0) is 22.7 Å². The predicted octanol–water partition coefficient (Wildman–Crippen LogP) is 6.97. The number of anilines is 2. The van der Waals surface area contributed by atoms with E-state index in [1.807, 2.05) is 67.6 Å². The Bertz CT molecular complexity index is 1640. The van der Waals surface area contributed by atoms with Gasteiger partial charge in [0.25, 0.3) is 0 Å². The Morgan fingerprint density at radius 2 is 1.69 bits per heavy atom. The maximum atomic E-state index is 13.6. The number of aliphatic hydroxyl groups excluding tert-OH is 1. The minimum Gasteiger partial charge on any atom is -0.489 e. The first-order valence-corrected chi connectivity index (χ1v) is 15.3. The maximum Gasteiger partial charge on any atom is 0.304 e. The molecule has 5 rings (SSSR count). The number of carboxylic acids is 1. The molecule has 1 aliphatic heterocycles. The number of carboxylic acid groups (broad SMARTS) is 1. The van der Waals surface area contributed by atoms with Crippen molar-refractivity contribution < 1.29 is 24.5 Å². The summed E-state index contributed by atoms with van der Waals surface area (Å²) in [4.78, 5) is 29.4. The number of carbonyl (C=O) groups excluding carboxylic acids is 1. The lowest BCUT2D eigenvalue weighted by Crippen LogP contribution is -2.62. The van der Waals surface area contributed by atoms with Crippen LogP contribution in [0.2, 0.25) is 10.0 Å². The third-order valence-electron chi connectivity index (χ3n) is 7.83. The van der Waals surface area contributed by atoms with Gasteiger partial charge in [0.1, 0.15) is 12.4 Å². The lowest BCUT2D eigenvalue weighted by atomic mass is 9.77. The molecule has 234 valence electrons. The van der Waals surface area contributed by atoms with Gasteiger partial charge in [0, 0.05) is 59.0 Å². The number of nitrogens with zero attached hydrogens (tertiary/aromatic N) is 2. The third kappa shape index (κ3) is 8.55. The molecule has 2 atom stereocenters. The van der Waals surface area contributed by atoms with Crippen LogP contribution in [0.25, 0.3) is 0 Å². The number of halogens is 2. The Kier molecular flexibility index (Phi) is 10.3. The summed E-state index contributed by atoms with van der Waals surface area (Å²) in [7, 11) is 0. The van der Waals surface area contributed by atoms with Crippen molar-refractivity contribution in [3.63, 3.8) is 0 Å². The Balaban J connectivity index is 1.39. The van der Waals surface area contributed by atoms with E-state index in [-0.39, 0.29) is 38.4 Å². The summed E-state index contributed by atoms with van der Waals surface area (Å²) >= 11 is 12.6. The number of aliphatic carboxylic acids is 1. The average molecular weight is 649 g/mol. The van der Waals surface area contributed by atoms with Crippen LogP contribution in [0.1, 0.15) is 29.5 Å². The molecular formula is C35H35Cl2N3O5. The van der Waals surface area contributed by atoms with Crippen LogP contribution >= 0.6 is 23.2 Å². The van der Waals surface area contributed by atoms with E-state index in [2.05, 4.69) is 5.32 Å². The number of benzene rings is 4. The number of carbonyl (C=O) groups is 2. The number of rotatable bonds is 11. The second-order valence-corrected chi connectivity index (χ2v) is 12.4. The molecule has 10 heteroatoms. The van der Waals surface area contributed by atoms with E-state index in [4.69, 9.17) is 27.9 Å². The second kappa shape index (κ2) is 14.3. The van der Waals surface area contributed by atoms with E-state index in [0.717, 1.165) is 11.1 Å². The van der Waals surface area contributed by atoms with Crippen molar-refractivity contribution in [2.75, 3.05) is 23.3 Å². The van der Waals surface area contributed by atoms with Crippen molar-refractivity contribution in [1.29, 1.82) is 0 Å². The van der Waals surface area contributed by atoms with Crippen molar-refractivity contribution in [3.8, 4) is 5.75 Å². The van der Waals surface area contributed by atoms with Gasteiger partial charge in [0.2, 0.25) is 5.91 Å². The van der Waals surface area contributed by atoms with Gasteiger partial charge in [0.05, 0.1) is 6.42 Å². The van der Waals surface area contributed by atoms with Crippen molar-refractivity contribution in [2.24, 2.45) is 5.41 Å². The summed E-state index contributed by atoms with van der Waals surface area (Å²) in [6.45, 7) is 2.83. The Morgan fingerprint density at radius 3 is 2.40 bits per heavy atom. The molecule has 45 heavy (non-hydrogen) atoms. The lowest BCUT2D eigenvalue weighted by Gasteiger charge is -2.51. The highest BCUT2D eigenvalue weighted by Crippen LogP contribution is 2.39. The molecule has 0 radical (unpaired) electrons. The zero-order valence-corrected chi connectivity index (χ0v) is 26.3. The smallest absolute Gasteiger partial charge is 0.304 e. The topological polar surface area (TPSA) is 102 Å². The molecule has 1 fully saturated rings. The van der Waals surface area contributed by atoms with Gasteiger partial charge in [-0.05, 0) is 54.4 Å². The highest BCUT2D eigenvalue weighted by molar-refractivity contribution is 6.35. The van der Waals surface area contributed by atoms with Gasteiger partial charge < -0.3 is 25.2 Å². The van der Waals surface area contributed by atoms with Crippen LogP contribution in [0.3, 0.4) is 0 Å². The zero-order valence-electron chi connectivity index (χ0n) is 24.8. The summed E-state index contributed by atoms with van der Waals surface area (Å²) in [5.74, 6) is -0.792. The first-order chi connectivity index (χ1) is 21.6. The summed E-state index contributed by atoms with van der Waals surface area (Å²) in [6, 6.07) is 29.6.